The first kappa shape index (κ1) is 16.5. The van der Waals surface area contributed by atoms with E-state index in [4.69, 9.17) is 0 Å². The lowest BCUT2D eigenvalue weighted by molar-refractivity contribution is 0.0526. The van der Waals surface area contributed by atoms with Gasteiger partial charge in [0.1, 0.15) is 23.1 Å². The Labute approximate surface area is 138 Å². The molecule has 3 rings (SSSR count). The second-order valence-electron chi connectivity index (χ2n) is 6.08. The third-order valence-corrected chi connectivity index (χ3v) is 4.14. The van der Waals surface area contributed by atoms with Crippen LogP contribution in [0.4, 0.5) is 8.78 Å². The molecule has 0 aliphatic carbocycles. The average Bonchev–Trinajstić information content (AvgIpc) is 2.84. The average molecular weight is 331 g/mol. The van der Waals surface area contributed by atoms with Gasteiger partial charge in [0.2, 0.25) is 0 Å². The number of halogens is 2. The molecule has 4 nitrogen and oxygen atoms in total. The summed E-state index contributed by atoms with van der Waals surface area (Å²) in [5.41, 5.74) is 0.516. The molecule has 0 amide bonds. The van der Waals surface area contributed by atoms with E-state index >= 15 is 0 Å². The van der Waals surface area contributed by atoms with Crippen LogP contribution in [0, 0.1) is 11.6 Å². The molecule has 1 atom stereocenters. The van der Waals surface area contributed by atoms with Crippen LogP contribution in [0.3, 0.4) is 0 Å². The highest BCUT2D eigenvalue weighted by Gasteiger charge is 2.26. The van der Waals surface area contributed by atoms with E-state index in [1.807, 2.05) is 35.9 Å². The number of nitrogens with zero attached hydrogens (tertiary/aromatic N) is 2. The van der Waals surface area contributed by atoms with Gasteiger partial charge >= 0.3 is 0 Å². The van der Waals surface area contributed by atoms with Crippen LogP contribution in [-0.4, -0.2) is 21.2 Å². The Morgan fingerprint density at radius 2 is 1.96 bits per heavy atom. The normalized spacial score (nSPS) is 14.0. The van der Waals surface area contributed by atoms with Gasteiger partial charge in [0.05, 0.1) is 17.6 Å². The molecule has 0 radical (unpaired) electrons. The minimum Gasteiger partial charge on any atom is -0.384 e. The number of nitrogens with one attached hydrogen (secondary N) is 1. The van der Waals surface area contributed by atoms with Crippen molar-refractivity contribution in [1.29, 1.82) is 0 Å². The number of aryl methyl sites for hydroxylation is 1. The Morgan fingerprint density at radius 3 is 2.67 bits per heavy atom. The molecule has 1 heterocycles. The van der Waals surface area contributed by atoms with Crippen LogP contribution in [0.2, 0.25) is 0 Å². The fraction of sp³-hybridized carbons (Fsp3) is 0.278. The van der Waals surface area contributed by atoms with E-state index < -0.39 is 17.2 Å². The summed E-state index contributed by atoms with van der Waals surface area (Å²) in [6.07, 6.45) is 0. The SMILES string of the molecule is Cn1c(CNCC(C)(O)c2ccc(F)cc2F)nc2ccccc21. The van der Waals surface area contributed by atoms with E-state index in [0.717, 1.165) is 29.0 Å². The van der Waals surface area contributed by atoms with E-state index in [9.17, 15) is 13.9 Å². The third kappa shape index (κ3) is 3.16. The van der Waals surface area contributed by atoms with Gasteiger partial charge in [-0.3, -0.25) is 0 Å². The molecule has 2 N–H and O–H groups in total. The van der Waals surface area contributed by atoms with Crippen molar-refractivity contribution in [2.24, 2.45) is 7.05 Å². The molecular weight excluding hydrogens is 312 g/mol. The third-order valence-electron chi connectivity index (χ3n) is 4.14. The summed E-state index contributed by atoms with van der Waals surface area (Å²) in [6, 6.07) is 11.0. The summed E-state index contributed by atoms with van der Waals surface area (Å²) >= 11 is 0. The van der Waals surface area contributed by atoms with Gasteiger partial charge in [0.15, 0.2) is 0 Å². The van der Waals surface area contributed by atoms with Gasteiger partial charge in [0.25, 0.3) is 0 Å². The van der Waals surface area contributed by atoms with Gasteiger partial charge in [-0.1, -0.05) is 18.2 Å². The van der Waals surface area contributed by atoms with Crippen molar-refractivity contribution in [3.8, 4) is 0 Å². The molecule has 6 heteroatoms. The quantitative estimate of drug-likeness (QED) is 0.756. The highest BCUT2D eigenvalue weighted by molar-refractivity contribution is 5.75. The topological polar surface area (TPSA) is 50.1 Å². The van der Waals surface area contributed by atoms with Gasteiger partial charge in [-0.2, -0.15) is 0 Å². The molecule has 1 unspecified atom stereocenters. The Balaban J connectivity index is 1.71. The van der Waals surface area contributed by atoms with E-state index in [0.29, 0.717) is 6.54 Å². The van der Waals surface area contributed by atoms with Crippen LogP contribution in [0.25, 0.3) is 11.0 Å². The zero-order chi connectivity index (χ0) is 17.3. The van der Waals surface area contributed by atoms with Crippen molar-refractivity contribution in [3.05, 3.63) is 65.5 Å². The number of aliphatic hydroxyl groups is 1. The Kier molecular flexibility index (Phi) is 4.34. The number of benzene rings is 2. The molecular formula is C18H19F2N3O. The summed E-state index contributed by atoms with van der Waals surface area (Å²) in [4.78, 5) is 4.53. The first-order valence-electron chi connectivity index (χ1n) is 7.67. The summed E-state index contributed by atoms with van der Waals surface area (Å²) in [6.45, 7) is 2.02. The summed E-state index contributed by atoms with van der Waals surface area (Å²) in [5.74, 6) is -0.615. The molecule has 0 saturated heterocycles. The number of hydrogen-bond donors (Lipinski definition) is 2. The van der Waals surface area contributed by atoms with Gasteiger partial charge in [0, 0.05) is 25.2 Å². The minimum absolute atomic E-state index is 0.0569. The number of rotatable bonds is 5. The molecule has 0 bridgehead atoms. The van der Waals surface area contributed by atoms with Crippen molar-refractivity contribution in [3.63, 3.8) is 0 Å². The van der Waals surface area contributed by atoms with Crippen LogP contribution >= 0.6 is 0 Å². The lowest BCUT2D eigenvalue weighted by Gasteiger charge is -2.24. The molecule has 0 aliphatic rings. The van der Waals surface area contributed by atoms with Crippen molar-refractivity contribution in [2.75, 3.05) is 6.54 Å². The lowest BCUT2D eigenvalue weighted by atomic mass is 9.95. The molecule has 0 spiro atoms. The number of fused-ring (bicyclic) bond motifs is 1. The first-order valence-corrected chi connectivity index (χ1v) is 7.67. The Bertz CT molecular complexity index is 874. The zero-order valence-corrected chi connectivity index (χ0v) is 13.6. The maximum atomic E-state index is 13.9. The second-order valence-corrected chi connectivity index (χ2v) is 6.08. The number of imidazole rings is 1. The molecule has 1 aromatic heterocycles. The van der Waals surface area contributed by atoms with Gasteiger partial charge < -0.3 is 15.0 Å². The second kappa shape index (κ2) is 6.30. The maximum Gasteiger partial charge on any atom is 0.132 e. The van der Waals surface area contributed by atoms with Crippen molar-refractivity contribution < 1.29 is 13.9 Å². The van der Waals surface area contributed by atoms with Crippen LogP contribution in [0.1, 0.15) is 18.3 Å². The number of aromatic nitrogens is 2. The molecule has 3 aromatic rings. The van der Waals surface area contributed by atoms with Crippen molar-refractivity contribution >= 4 is 11.0 Å². The molecule has 24 heavy (non-hydrogen) atoms. The highest BCUT2D eigenvalue weighted by atomic mass is 19.1. The monoisotopic (exact) mass is 331 g/mol. The number of hydrogen-bond acceptors (Lipinski definition) is 3. The van der Waals surface area contributed by atoms with Gasteiger partial charge in [-0.25, -0.2) is 13.8 Å². The van der Waals surface area contributed by atoms with Crippen LogP contribution < -0.4 is 5.32 Å². The molecule has 126 valence electrons. The standard InChI is InChI=1S/C18H19F2N3O/c1-18(24,13-8-7-12(19)9-14(13)20)11-21-10-17-22-15-5-3-4-6-16(15)23(17)2/h3-9,21,24H,10-11H2,1-2H3. The van der Waals surface area contributed by atoms with Crippen molar-refractivity contribution in [2.45, 2.75) is 19.1 Å². The Morgan fingerprint density at radius 1 is 1.21 bits per heavy atom. The predicted octanol–water partition coefficient (Wildman–Crippen LogP) is 2.85. The molecule has 0 saturated carbocycles. The Hall–Kier alpha value is -2.31. The smallest absolute Gasteiger partial charge is 0.132 e. The fourth-order valence-electron chi connectivity index (χ4n) is 2.79. The largest absolute Gasteiger partial charge is 0.384 e. The molecule has 2 aromatic carbocycles. The molecule has 0 aliphatic heterocycles. The minimum atomic E-state index is -1.46. The van der Waals surface area contributed by atoms with E-state index in [1.54, 1.807) is 0 Å². The highest BCUT2D eigenvalue weighted by Crippen LogP contribution is 2.23. The van der Waals surface area contributed by atoms with E-state index in [1.165, 1.54) is 13.0 Å². The van der Waals surface area contributed by atoms with E-state index in [-0.39, 0.29) is 12.1 Å². The zero-order valence-electron chi connectivity index (χ0n) is 13.6. The fourth-order valence-corrected chi connectivity index (χ4v) is 2.79. The summed E-state index contributed by atoms with van der Waals surface area (Å²) in [7, 11) is 1.92. The number of para-hydroxylation sites is 2. The van der Waals surface area contributed by atoms with Crippen LogP contribution in [0.5, 0.6) is 0 Å². The van der Waals surface area contributed by atoms with Crippen LogP contribution in [-0.2, 0) is 19.2 Å². The first-order chi connectivity index (χ1) is 11.4. The lowest BCUT2D eigenvalue weighted by Crippen LogP contribution is -2.36. The predicted molar refractivity (Wildman–Crippen MR) is 88.3 cm³/mol. The summed E-state index contributed by atoms with van der Waals surface area (Å²) in [5, 5.41) is 13.6. The van der Waals surface area contributed by atoms with E-state index in [2.05, 4.69) is 10.3 Å². The molecule has 0 fully saturated rings. The maximum absolute atomic E-state index is 13.9. The van der Waals surface area contributed by atoms with Gasteiger partial charge in [-0.15, -0.1) is 0 Å². The van der Waals surface area contributed by atoms with Crippen molar-refractivity contribution in [1.82, 2.24) is 14.9 Å². The van der Waals surface area contributed by atoms with Gasteiger partial charge in [-0.05, 0) is 25.1 Å². The van der Waals surface area contributed by atoms with Crippen LogP contribution in [0.15, 0.2) is 42.5 Å². The summed E-state index contributed by atoms with van der Waals surface area (Å²) < 4.78 is 28.8.